The molecule has 1 atom stereocenters. The summed E-state index contributed by atoms with van der Waals surface area (Å²) in [6.45, 7) is 2.90. The Kier molecular flexibility index (Phi) is 6.11. The van der Waals surface area contributed by atoms with E-state index in [0.29, 0.717) is 12.5 Å². The van der Waals surface area contributed by atoms with E-state index in [1.807, 2.05) is 0 Å². The van der Waals surface area contributed by atoms with Crippen LogP contribution in [0.3, 0.4) is 0 Å². The molecule has 1 heterocycles. The average molecular weight is 267 g/mol. The number of carbonyl (C=O) groups is 1. The van der Waals surface area contributed by atoms with Crippen LogP contribution < -0.4 is 10.6 Å². The third-order valence-electron chi connectivity index (χ3n) is 4.62. The summed E-state index contributed by atoms with van der Waals surface area (Å²) in [5.74, 6) is 0.216. The smallest absolute Gasteiger partial charge is 0.220 e. The molecular formula is C15H29N3O. The van der Waals surface area contributed by atoms with Crippen molar-refractivity contribution in [3.63, 3.8) is 0 Å². The van der Waals surface area contributed by atoms with E-state index in [-0.39, 0.29) is 5.91 Å². The normalized spacial score (nSPS) is 24.2. The highest BCUT2D eigenvalue weighted by Crippen LogP contribution is 2.21. The maximum absolute atomic E-state index is 11.7. The van der Waals surface area contributed by atoms with E-state index < -0.39 is 0 Å². The van der Waals surface area contributed by atoms with E-state index in [9.17, 15) is 4.79 Å². The van der Waals surface area contributed by atoms with Crippen molar-refractivity contribution in [2.24, 2.45) is 0 Å². The molecule has 2 N–H and O–H groups in total. The van der Waals surface area contributed by atoms with E-state index in [1.54, 1.807) is 0 Å². The molecule has 2 fully saturated rings. The topological polar surface area (TPSA) is 44.4 Å². The molecule has 2 rings (SSSR count). The molecular weight excluding hydrogens is 238 g/mol. The summed E-state index contributed by atoms with van der Waals surface area (Å²) in [6, 6.07) is 1.33. The fourth-order valence-corrected chi connectivity index (χ4v) is 3.30. The van der Waals surface area contributed by atoms with Gasteiger partial charge in [-0.2, -0.15) is 0 Å². The van der Waals surface area contributed by atoms with Gasteiger partial charge in [-0.1, -0.05) is 12.8 Å². The van der Waals surface area contributed by atoms with Gasteiger partial charge in [0.25, 0.3) is 0 Å². The van der Waals surface area contributed by atoms with Crippen LogP contribution in [0.25, 0.3) is 0 Å². The number of hydrogen-bond acceptors (Lipinski definition) is 3. The summed E-state index contributed by atoms with van der Waals surface area (Å²) in [5, 5.41) is 6.49. The number of amides is 1. The zero-order valence-electron chi connectivity index (χ0n) is 12.3. The van der Waals surface area contributed by atoms with E-state index in [2.05, 4.69) is 22.6 Å². The molecule has 0 aromatic rings. The molecule has 1 saturated heterocycles. The van der Waals surface area contributed by atoms with Crippen LogP contribution in [0.2, 0.25) is 0 Å². The first kappa shape index (κ1) is 14.8. The first-order valence-electron chi connectivity index (χ1n) is 7.96. The molecule has 0 aromatic heterocycles. The Bertz CT molecular complexity index is 271. The quantitative estimate of drug-likeness (QED) is 0.735. The maximum Gasteiger partial charge on any atom is 0.220 e. The lowest BCUT2D eigenvalue weighted by molar-refractivity contribution is -0.121. The maximum atomic E-state index is 11.7. The van der Waals surface area contributed by atoms with Gasteiger partial charge in [-0.05, 0) is 45.7 Å². The zero-order valence-corrected chi connectivity index (χ0v) is 12.3. The molecule has 0 bridgehead atoms. The average Bonchev–Trinajstić information content (AvgIpc) is 3.09. The highest BCUT2D eigenvalue weighted by atomic mass is 16.1. The summed E-state index contributed by atoms with van der Waals surface area (Å²) in [4.78, 5) is 14.2. The first-order valence-corrected chi connectivity index (χ1v) is 7.96. The van der Waals surface area contributed by atoms with E-state index in [1.165, 1.54) is 38.5 Å². The SMILES string of the molecule is CN(CCNC(=O)CCC1CCCN1)C1CCCC1. The number of hydrogen-bond donors (Lipinski definition) is 2. The summed E-state index contributed by atoms with van der Waals surface area (Å²) >= 11 is 0. The van der Waals surface area contributed by atoms with Gasteiger partial charge in [0.05, 0.1) is 0 Å². The summed E-state index contributed by atoms with van der Waals surface area (Å²) in [7, 11) is 2.19. The second-order valence-corrected chi connectivity index (χ2v) is 6.10. The largest absolute Gasteiger partial charge is 0.355 e. The minimum absolute atomic E-state index is 0.216. The van der Waals surface area contributed by atoms with Crippen molar-refractivity contribution in [3.05, 3.63) is 0 Å². The molecule has 0 aromatic carbocycles. The summed E-state index contributed by atoms with van der Waals surface area (Å²) in [6.07, 6.45) is 9.56. The molecule has 0 spiro atoms. The van der Waals surface area contributed by atoms with Gasteiger partial charge in [-0.25, -0.2) is 0 Å². The van der Waals surface area contributed by atoms with Crippen LogP contribution in [0.1, 0.15) is 51.4 Å². The minimum atomic E-state index is 0.216. The van der Waals surface area contributed by atoms with Crippen molar-refractivity contribution < 1.29 is 4.79 Å². The minimum Gasteiger partial charge on any atom is -0.355 e. The van der Waals surface area contributed by atoms with Crippen molar-refractivity contribution in [1.82, 2.24) is 15.5 Å². The summed E-state index contributed by atoms with van der Waals surface area (Å²) in [5.41, 5.74) is 0. The lowest BCUT2D eigenvalue weighted by atomic mass is 10.1. The Labute approximate surface area is 117 Å². The van der Waals surface area contributed by atoms with Crippen molar-refractivity contribution >= 4 is 5.91 Å². The first-order chi connectivity index (χ1) is 9.25. The van der Waals surface area contributed by atoms with Gasteiger partial charge in [0.2, 0.25) is 5.91 Å². The predicted octanol–water partition coefficient (Wildman–Crippen LogP) is 1.51. The second-order valence-electron chi connectivity index (χ2n) is 6.10. The highest BCUT2D eigenvalue weighted by Gasteiger charge is 2.19. The lowest BCUT2D eigenvalue weighted by Crippen LogP contribution is -2.37. The number of rotatable bonds is 7. The number of nitrogens with one attached hydrogen (secondary N) is 2. The van der Waals surface area contributed by atoms with Crippen molar-refractivity contribution in [3.8, 4) is 0 Å². The van der Waals surface area contributed by atoms with Gasteiger partial charge < -0.3 is 15.5 Å². The molecule has 1 amide bonds. The molecule has 2 aliphatic rings. The van der Waals surface area contributed by atoms with Crippen LogP contribution in [0.5, 0.6) is 0 Å². The fourth-order valence-electron chi connectivity index (χ4n) is 3.30. The second kappa shape index (κ2) is 7.85. The number of likely N-dealkylation sites (N-methyl/N-ethyl adjacent to an activating group) is 1. The van der Waals surface area contributed by atoms with Crippen molar-refractivity contribution in [2.75, 3.05) is 26.7 Å². The Hall–Kier alpha value is -0.610. The molecule has 4 nitrogen and oxygen atoms in total. The van der Waals surface area contributed by atoms with Gasteiger partial charge in [-0.3, -0.25) is 4.79 Å². The molecule has 1 aliphatic carbocycles. The Morgan fingerprint density at radius 2 is 2.05 bits per heavy atom. The molecule has 1 aliphatic heterocycles. The van der Waals surface area contributed by atoms with Crippen LogP contribution in [0, 0.1) is 0 Å². The molecule has 0 radical (unpaired) electrons. The molecule has 1 unspecified atom stereocenters. The Morgan fingerprint density at radius 3 is 2.74 bits per heavy atom. The van der Waals surface area contributed by atoms with Gasteiger partial charge in [0, 0.05) is 31.6 Å². The molecule has 110 valence electrons. The third kappa shape index (κ3) is 5.11. The third-order valence-corrected chi connectivity index (χ3v) is 4.62. The number of nitrogens with zero attached hydrogens (tertiary/aromatic N) is 1. The fraction of sp³-hybridized carbons (Fsp3) is 0.933. The monoisotopic (exact) mass is 267 g/mol. The predicted molar refractivity (Wildman–Crippen MR) is 78.2 cm³/mol. The van der Waals surface area contributed by atoms with Crippen LogP contribution >= 0.6 is 0 Å². The molecule has 1 saturated carbocycles. The van der Waals surface area contributed by atoms with Crippen LogP contribution in [0.4, 0.5) is 0 Å². The Balaban J connectivity index is 1.50. The highest BCUT2D eigenvalue weighted by molar-refractivity contribution is 5.75. The molecule has 19 heavy (non-hydrogen) atoms. The zero-order chi connectivity index (χ0) is 13.5. The number of carbonyl (C=O) groups excluding carboxylic acids is 1. The van der Waals surface area contributed by atoms with Crippen LogP contribution in [0.15, 0.2) is 0 Å². The van der Waals surface area contributed by atoms with E-state index in [4.69, 9.17) is 0 Å². The van der Waals surface area contributed by atoms with Crippen molar-refractivity contribution in [2.45, 2.75) is 63.5 Å². The Morgan fingerprint density at radius 1 is 1.26 bits per heavy atom. The van der Waals surface area contributed by atoms with Gasteiger partial charge in [0.1, 0.15) is 0 Å². The van der Waals surface area contributed by atoms with Gasteiger partial charge in [-0.15, -0.1) is 0 Å². The van der Waals surface area contributed by atoms with Crippen LogP contribution in [-0.4, -0.2) is 49.6 Å². The van der Waals surface area contributed by atoms with Crippen molar-refractivity contribution in [1.29, 1.82) is 0 Å². The standard InChI is InChI=1S/C15H29N3O/c1-18(14-6-2-3-7-14)12-11-17-15(19)9-8-13-5-4-10-16-13/h13-14,16H,2-12H2,1H3,(H,17,19). The van der Waals surface area contributed by atoms with Crippen LogP contribution in [-0.2, 0) is 4.79 Å². The van der Waals surface area contributed by atoms with E-state index in [0.717, 1.165) is 32.1 Å². The van der Waals surface area contributed by atoms with E-state index >= 15 is 0 Å². The molecule has 4 heteroatoms. The van der Waals surface area contributed by atoms with Gasteiger partial charge >= 0.3 is 0 Å². The lowest BCUT2D eigenvalue weighted by Gasteiger charge is -2.23. The van der Waals surface area contributed by atoms with Gasteiger partial charge in [0.15, 0.2) is 0 Å². The summed E-state index contributed by atoms with van der Waals surface area (Å²) < 4.78 is 0.